The number of hydrogen-bond acceptors (Lipinski definition) is 9. The molecule has 0 bridgehead atoms. The van der Waals surface area contributed by atoms with Crippen LogP contribution in [0.2, 0.25) is 0 Å². The summed E-state index contributed by atoms with van der Waals surface area (Å²) in [5.41, 5.74) is 0.873. The van der Waals surface area contributed by atoms with Gasteiger partial charge in [-0.2, -0.15) is 15.0 Å². The second-order valence-electron chi connectivity index (χ2n) is 8.12. The summed E-state index contributed by atoms with van der Waals surface area (Å²) in [5.74, 6) is -0.0469. The maximum Gasteiger partial charge on any atom is 0.233 e. The molecule has 1 saturated heterocycles. The van der Waals surface area contributed by atoms with E-state index in [1.165, 1.54) is 38.5 Å². The number of hydrogen-bond donors (Lipinski definition) is 4. The lowest BCUT2D eigenvalue weighted by Gasteiger charge is -2.24. The molecule has 0 saturated carbocycles. The van der Waals surface area contributed by atoms with Crippen molar-refractivity contribution in [1.82, 2.24) is 20.3 Å². The fraction of sp³-hybridized carbons (Fsp3) is 0.375. The van der Waals surface area contributed by atoms with Crippen molar-refractivity contribution in [3.63, 3.8) is 0 Å². The smallest absolute Gasteiger partial charge is 0.233 e. The second kappa shape index (κ2) is 11.1. The average Bonchev–Trinajstić information content (AvgIpc) is 3.37. The lowest BCUT2D eigenvalue weighted by molar-refractivity contribution is 0.386. The first-order valence-electron chi connectivity index (χ1n) is 11.5. The van der Waals surface area contributed by atoms with Crippen LogP contribution < -0.4 is 30.7 Å². The zero-order chi connectivity index (χ0) is 24.8. The molecule has 0 radical (unpaired) electrons. The van der Waals surface area contributed by atoms with Gasteiger partial charge < -0.3 is 30.7 Å². The Kier molecular flexibility index (Phi) is 7.76. The minimum absolute atomic E-state index is 0.109. The molecule has 3 aromatic rings. The molecule has 4 N–H and O–H groups in total. The highest BCUT2D eigenvalue weighted by molar-refractivity contribution is 5.60. The number of rotatable bonds is 10. The molecule has 1 fully saturated rings. The Morgan fingerprint density at radius 2 is 1.46 bits per heavy atom. The van der Waals surface area contributed by atoms with E-state index in [-0.39, 0.29) is 29.4 Å². The molecule has 2 aromatic carbocycles. The molecular weight excluding hydrogens is 456 g/mol. The normalized spacial score (nSPS) is 16.0. The number of methoxy groups -OCH3 is 2. The molecule has 11 heteroatoms. The highest BCUT2D eigenvalue weighted by Gasteiger charge is 2.24. The van der Waals surface area contributed by atoms with Gasteiger partial charge in [-0.1, -0.05) is 6.92 Å². The van der Waals surface area contributed by atoms with Crippen molar-refractivity contribution in [2.45, 2.75) is 38.3 Å². The van der Waals surface area contributed by atoms with Gasteiger partial charge in [-0.15, -0.1) is 0 Å². The van der Waals surface area contributed by atoms with Crippen molar-refractivity contribution < 1.29 is 18.3 Å². The summed E-state index contributed by atoms with van der Waals surface area (Å²) >= 11 is 0. The summed E-state index contributed by atoms with van der Waals surface area (Å²) in [5, 5.41) is 12.9. The van der Waals surface area contributed by atoms with Gasteiger partial charge in [0, 0.05) is 35.6 Å². The van der Waals surface area contributed by atoms with Crippen LogP contribution in [0.25, 0.3) is 0 Å². The topological polar surface area (TPSA) is 105 Å². The van der Waals surface area contributed by atoms with Gasteiger partial charge in [0.1, 0.15) is 0 Å². The molecule has 2 heterocycles. The van der Waals surface area contributed by atoms with Gasteiger partial charge in [-0.3, -0.25) is 0 Å². The van der Waals surface area contributed by atoms with Crippen LogP contribution in [-0.4, -0.2) is 47.8 Å². The zero-order valence-corrected chi connectivity index (χ0v) is 19.9. The van der Waals surface area contributed by atoms with E-state index in [2.05, 4.69) is 43.1 Å². The van der Waals surface area contributed by atoms with E-state index < -0.39 is 11.6 Å². The fourth-order valence-corrected chi connectivity index (χ4v) is 4.01. The first-order valence-corrected chi connectivity index (χ1v) is 11.5. The van der Waals surface area contributed by atoms with E-state index in [4.69, 9.17) is 9.47 Å². The summed E-state index contributed by atoms with van der Waals surface area (Å²) in [6.45, 7) is 3.07. The first kappa shape index (κ1) is 24.4. The van der Waals surface area contributed by atoms with E-state index in [9.17, 15) is 8.78 Å². The van der Waals surface area contributed by atoms with E-state index in [1.807, 2.05) is 0 Å². The van der Waals surface area contributed by atoms with Crippen LogP contribution in [0.5, 0.6) is 11.5 Å². The zero-order valence-electron chi connectivity index (χ0n) is 19.9. The summed E-state index contributed by atoms with van der Waals surface area (Å²) in [4.78, 5) is 13.4. The molecule has 1 aliphatic rings. The summed E-state index contributed by atoms with van der Waals surface area (Å²) in [7, 11) is 2.80. The van der Waals surface area contributed by atoms with E-state index in [1.54, 1.807) is 12.1 Å². The molecular formula is C24H29F2N7O2. The number of anilines is 5. The molecule has 9 nitrogen and oxygen atoms in total. The molecule has 186 valence electrons. The van der Waals surface area contributed by atoms with Crippen LogP contribution in [0, 0.1) is 11.6 Å². The third-order valence-corrected chi connectivity index (χ3v) is 5.79. The number of nitrogens with one attached hydrogen (secondary N) is 4. The second-order valence-corrected chi connectivity index (χ2v) is 8.12. The minimum atomic E-state index is -0.518. The Bertz CT molecular complexity index is 1080. The van der Waals surface area contributed by atoms with E-state index >= 15 is 0 Å². The molecule has 0 spiro atoms. The van der Waals surface area contributed by atoms with Gasteiger partial charge in [0.2, 0.25) is 17.8 Å². The average molecular weight is 486 g/mol. The van der Waals surface area contributed by atoms with Gasteiger partial charge >= 0.3 is 0 Å². The SMILES string of the molecule is CCC(Nc1nc(Nc2ccc(OC)c(F)c2)nc(Nc2ccc(OC)c(F)c2)n1)C1CCCN1. The number of aromatic nitrogens is 3. The van der Waals surface area contributed by atoms with Gasteiger partial charge in [-0.25, -0.2) is 8.78 Å². The monoisotopic (exact) mass is 485 g/mol. The lowest BCUT2D eigenvalue weighted by atomic mass is 10.0. The van der Waals surface area contributed by atoms with Crippen molar-refractivity contribution in [1.29, 1.82) is 0 Å². The highest BCUT2D eigenvalue weighted by atomic mass is 19.1. The Morgan fingerprint density at radius 3 is 1.89 bits per heavy atom. The summed E-state index contributed by atoms with van der Waals surface area (Å²) < 4.78 is 38.3. The maximum atomic E-state index is 14.2. The van der Waals surface area contributed by atoms with Gasteiger partial charge in [0.05, 0.1) is 14.2 Å². The molecule has 2 atom stereocenters. The Labute approximate surface area is 202 Å². The molecule has 1 aromatic heterocycles. The van der Waals surface area contributed by atoms with Crippen LogP contribution in [0.1, 0.15) is 26.2 Å². The first-order chi connectivity index (χ1) is 17.0. The molecule has 0 amide bonds. The van der Waals surface area contributed by atoms with Crippen LogP contribution in [-0.2, 0) is 0 Å². The van der Waals surface area contributed by atoms with Crippen molar-refractivity contribution in [3.8, 4) is 11.5 Å². The molecule has 35 heavy (non-hydrogen) atoms. The van der Waals surface area contributed by atoms with Gasteiger partial charge in [0.15, 0.2) is 23.1 Å². The Morgan fingerprint density at radius 1 is 0.914 bits per heavy atom. The Balaban J connectivity index is 1.63. The predicted molar refractivity (Wildman–Crippen MR) is 131 cm³/mol. The quantitative estimate of drug-likeness (QED) is 0.328. The summed E-state index contributed by atoms with van der Waals surface area (Å²) in [6, 6.07) is 9.32. The van der Waals surface area contributed by atoms with Crippen LogP contribution in [0.4, 0.5) is 38.0 Å². The number of benzene rings is 2. The minimum Gasteiger partial charge on any atom is -0.494 e. The van der Waals surface area contributed by atoms with Crippen LogP contribution in [0.3, 0.4) is 0 Å². The summed E-state index contributed by atoms with van der Waals surface area (Å²) in [6.07, 6.45) is 3.04. The van der Waals surface area contributed by atoms with Crippen LogP contribution >= 0.6 is 0 Å². The van der Waals surface area contributed by atoms with E-state index in [0.717, 1.165) is 25.8 Å². The third-order valence-electron chi connectivity index (χ3n) is 5.79. The lowest BCUT2D eigenvalue weighted by Crippen LogP contribution is -2.40. The van der Waals surface area contributed by atoms with Gasteiger partial charge in [-0.05, 0) is 50.1 Å². The highest BCUT2D eigenvalue weighted by Crippen LogP contribution is 2.26. The van der Waals surface area contributed by atoms with Gasteiger partial charge in [0.25, 0.3) is 0 Å². The molecule has 2 unspecified atom stereocenters. The number of nitrogens with zero attached hydrogens (tertiary/aromatic N) is 3. The number of ether oxygens (including phenoxy) is 2. The molecule has 1 aliphatic heterocycles. The largest absolute Gasteiger partial charge is 0.494 e. The fourth-order valence-electron chi connectivity index (χ4n) is 4.01. The molecule has 0 aliphatic carbocycles. The predicted octanol–water partition coefficient (Wildman–Crippen LogP) is 4.60. The molecule has 4 rings (SSSR count). The van der Waals surface area contributed by atoms with Crippen molar-refractivity contribution in [3.05, 3.63) is 48.0 Å². The Hall–Kier alpha value is -3.73. The van der Waals surface area contributed by atoms with Crippen molar-refractivity contribution in [2.24, 2.45) is 0 Å². The van der Waals surface area contributed by atoms with E-state index in [0.29, 0.717) is 23.4 Å². The van der Waals surface area contributed by atoms with Crippen LogP contribution in [0.15, 0.2) is 36.4 Å². The number of halogens is 2. The van der Waals surface area contributed by atoms with Crippen molar-refractivity contribution in [2.75, 3.05) is 36.7 Å². The third kappa shape index (κ3) is 6.04. The van der Waals surface area contributed by atoms with Crippen molar-refractivity contribution >= 4 is 29.2 Å². The standard InChI is InChI=1S/C24H29F2N7O2/c1-4-18(19-6-5-11-27-19)30-24-32-22(28-14-7-9-20(34-2)16(25)12-14)31-23(33-24)29-15-8-10-21(35-3)17(26)13-15/h7-10,12-13,18-19,27H,4-6,11H2,1-3H3,(H3,28,29,30,31,32,33). The maximum absolute atomic E-state index is 14.2.